The molecule has 2 aliphatic rings. The van der Waals surface area contributed by atoms with Crippen molar-refractivity contribution in [1.29, 1.82) is 0 Å². The van der Waals surface area contributed by atoms with Crippen molar-refractivity contribution in [3.8, 4) is 0 Å². The molecule has 16 heteroatoms. The molecule has 0 bridgehead atoms. The standard InChI is InChI=1S/C26H26F5N7O4/c1-14-22(36-7-5-35(6-8-36)15(2)39)24(41)38-25(33-23(34-38)16-3-9-42-10-4-16)37(14)13-20(40)32-17-11-18(27)21(19(28)12-17)26(29,30)31/h3,11-12H,4-10,13H2,1-2H3,(H,32,40). The lowest BCUT2D eigenvalue weighted by molar-refractivity contribution is -0.142. The average molecular weight is 596 g/mol. The van der Waals surface area contributed by atoms with Gasteiger partial charge in [0.2, 0.25) is 17.6 Å². The smallest absolute Gasteiger partial charge is 0.377 e. The van der Waals surface area contributed by atoms with Crippen LogP contribution in [0.5, 0.6) is 0 Å². The molecule has 0 atom stereocenters. The molecule has 0 saturated carbocycles. The highest BCUT2D eigenvalue weighted by atomic mass is 19.4. The van der Waals surface area contributed by atoms with E-state index in [0.717, 1.165) is 10.1 Å². The number of ether oxygens (including phenoxy) is 1. The Bertz CT molecular complexity index is 1630. The molecule has 0 radical (unpaired) electrons. The SMILES string of the molecule is CC(=O)N1CCN(c2c(C)n(CC(=O)Nc3cc(F)c(C(F)(F)F)c(F)c3)c3nc(C4=CCOCC4)nn3c2=O)CC1. The van der Waals surface area contributed by atoms with Gasteiger partial charge in [-0.25, -0.2) is 8.78 Å². The van der Waals surface area contributed by atoms with Crippen molar-refractivity contribution in [2.45, 2.75) is 33.0 Å². The van der Waals surface area contributed by atoms with Crippen LogP contribution in [0, 0.1) is 18.6 Å². The molecular weight excluding hydrogens is 569 g/mol. The van der Waals surface area contributed by atoms with Crippen LogP contribution < -0.4 is 15.8 Å². The molecule has 3 aromatic rings. The Hall–Kier alpha value is -4.34. The number of halogens is 5. The number of nitrogens with zero attached hydrogens (tertiary/aromatic N) is 6. The second-order valence-corrected chi connectivity index (χ2v) is 9.88. The molecule has 1 fully saturated rings. The average Bonchev–Trinajstić information content (AvgIpc) is 3.37. The number of piperazine rings is 1. The molecule has 4 heterocycles. The number of hydrogen-bond acceptors (Lipinski definition) is 7. The maximum absolute atomic E-state index is 14.1. The van der Waals surface area contributed by atoms with Gasteiger partial charge in [-0.2, -0.15) is 22.7 Å². The fourth-order valence-corrected chi connectivity index (χ4v) is 5.07. The van der Waals surface area contributed by atoms with Gasteiger partial charge in [-0.05, 0) is 31.1 Å². The predicted molar refractivity (Wildman–Crippen MR) is 140 cm³/mol. The molecular formula is C26H26F5N7O4. The van der Waals surface area contributed by atoms with Crippen LogP contribution in [0.25, 0.3) is 11.4 Å². The zero-order valence-electron chi connectivity index (χ0n) is 22.6. The fraction of sp³-hybridized carbons (Fsp3) is 0.423. The first kappa shape index (κ1) is 29.2. The summed E-state index contributed by atoms with van der Waals surface area (Å²) in [5.41, 5.74) is -1.77. The Morgan fingerprint density at radius 3 is 2.33 bits per heavy atom. The number of benzene rings is 1. The molecule has 224 valence electrons. The monoisotopic (exact) mass is 595 g/mol. The zero-order valence-corrected chi connectivity index (χ0v) is 22.6. The molecule has 1 N–H and O–H groups in total. The summed E-state index contributed by atoms with van der Waals surface area (Å²) < 4.78 is 74.9. The van der Waals surface area contributed by atoms with Crippen molar-refractivity contribution in [1.82, 2.24) is 24.1 Å². The van der Waals surface area contributed by atoms with E-state index < -0.39 is 47.1 Å². The number of fused-ring (bicyclic) bond motifs is 1. The van der Waals surface area contributed by atoms with Gasteiger partial charge in [-0.1, -0.05) is 6.08 Å². The number of aromatic nitrogens is 4. The van der Waals surface area contributed by atoms with Crippen molar-refractivity contribution < 1.29 is 36.3 Å². The Morgan fingerprint density at radius 1 is 1.10 bits per heavy atom. The summed E-state index contributed by atoms with van der Waals surface area (Å²) in [7, 11) is 0. The maximum Gasteiger partial charge on any atom is 0.422 e. The van der Waals surface area contributed by atoms with E-state index >= 15 is 0 Å². The lowest BCUT2D eigenvalue weighted by atomic mass is 10.1. The van der Waals surface area contributed by atoms with Crippen molar-refractivity contribution in [3.05, 3.63) is 57.3 Å². The highest BCUT2D eigenvalue weighted by Gasteiger charge is 2.38. The molecule has 0 aliphatic carbocycles. The van der Waals surface area contributed by atoms with Crippen molar-refractivity contribution in [2.75, 3.05) is 49.6 Å². The number of amides is 2. The number of nitrogens with one attached hydrogen (secondary N) is 1. The molecule has 2 amide bonds. The first-order valence-corrected chi connectivity index (χ1v) is 13.0. The van der Waals surface area contributed by atoms with Gasteiger partial charge < -0.3 is 24.4 Å². The molecule has 0 spiro atoms. The summed E-state index contributed by atoms with van der Waals surface area (Å²) in [5.74, 6) is -4.42. The number of anilines is 2. The van der Waals surface area contributed by atoms with Crippen LogP contribution in [0.15, 0.2) is 23.0 Å². The van der Waals surface area contributed by atoms with E-state index in [1.165, 1.54) is 11.5 Å². The van der Waals surface area contributed by atoms with Crippen LogP contribution in [0.1, 0.15) is 30.4 Å². The number of alkyl halides is 3. The number of carbonyl (C=O) groups excluding carboxylic acids is 2. The van der Waals surface area contributed by atoms with Crippen molar-refractivity contribution in [3.63, 3.8) is 0 Å². The minimum absolute atomic E-state index is 0.0194. The van der Waals surface area contributed by atoms with E-state index in [2.05, 4.69) is 15.4 Å². The summed E-state index contributed by atoms with van der Waals surface area (Å²) in [4.78, 5) is 46.5. The second-order valence-electron chi connectivity index (χ2n) is 9.88. The summed E-state index contributed by atoms with van der Waals surface area (Å²) in [6, 6.07) is 0.759. The number of hydrogen-bond donors (Lipinski definition) is 1. The zero-order chi connectivity index (χ0) is 30.3. The quantitative estimate of drug-likeness (QED) is 0.451. The fourth-order valence-electron chi connectivity index (χ4n) is 5.07. The van der Waals surface area contributed by atoms with Crippen molar-refractivity contribution >= 4 is 34.5 Å². The van der Waals surface area contributed by atoms with Crippen LogP contribution in [0.3, 0.4) is 0 Å². The third-order valence-corrected chi connectivity index (χ3v) is 7.18. The van der Waals surface area contributed by atoms with E-state index in [0.29, 0.717) is 63.6 Å². The van der Waals surface area contributed by atoms with Crippen LogP contribution in [0.2, 0.25) is 0 Å². The normalized spacial score (nSPS) is 16.1. The van der Waals surface area contributed by atoms with Gasteiger partial charge in [0.15, 0.2) is 5.82 Å². The number of carbonyl (C=O) groups is 2. The van der Waals surface area contributed by atoms with E-state index in [1.807, 2.05) is 0 Å². The van der Waals surface area contributed by atoms with Gasteiger partial charge in [0.05, 0.1) is 13.2 Å². The minimum atomic E-state index is -5.26. The molecule has 5 rings (SSSR count). The molecule has 42 heavy (non-hydrogen) atoms. The lowest BCUT2D eigenvalue weighted by Gasteiger charge is -2.36. The van der Waals surface area contributed by atoms with Crippen LogP contribution in [-0.2, 0) is 27.0 Å². The molecule has 2 aromatic heterocycles. The second kappa shape index (κ2) is 11.2. The van der Waals surface area contributed by atoms with Gasteiger partial charge >= 0.3 is 6.18 Å². The summed E-state index contributed by atoms with van der Waals surface area (Å²) in [5, 5.41) is 6.62. The van der Waals surface area contributed by atoms with E-state index in [9.17, 15) is 36.3 Å². The largest absolute Gasteiger partial charge is 0.422 e. The predicted octanol–water partition coefficient (Wildman–Crippen LogP) is 2.61. The topological polar surface area (TPSA) is 114 Å². The third kappa shape index (κ3) is 5.57. The Morgan fingerprint density at radius 2 is 1.76 bits per heavy atom. The maximum atomic E-state index is 14.1. The Labute approximate surface area is 235 Å². The van der Waals surface area contributed by atoms with Gasteiger partial charge in [0, 0.05) is 44.5 Å². The molecule has 2 aliphatic heterocycles. The molecule has 11 nitrogen and oxygen atoms in total. The summed E-state index contributed by atoms with van der Waals surface area (Å²) in [6.45, 7) is 4.71. The first-order chi connectivity index (χ1) is 19.8. The Kier molecular flexibility index (Phi) is 7.74. The first-order valence-electron chi connectivity index (χ1n) is 13.0. The molecule has 1 saturated heterocycles. The lowest BCUT2D eigenvalue weighted by Crippen LogP contribution is -2.50. The van der Waals surface area contributed by atoms with Gasteiger partial charge in [-0.15, -0.1) is 5.10 Å². The van der Waals surface area contributed by atoms with Gasteiger partial charge in [0.25, 0.3) is 5.56 Å². The minimum Gasteiger partial charge on any atom is -0.377 e. The van der Waals surface area contributed by atoms with E-state index in [1.54, 1.807) is 22.8 Å². The summed E-state index contributed by atoms with van der Waals surface area (Å²) in [6.07, 6.45) is -2.98. The van der Waals surface area contributed by atoms with Crippen LogP contribution in [0.4, 0.5) is 33.3 Å². The highest BCUT2D eigenvalue weighted by Crippen LogP contribution is 2.35. The molecule has 0 unspecified atom stereocenters. The highest BCUT2D eigenvalue weighted by molar-refractivity contribution is 5.91. The van der Waals surface area contributed by atoms with Crippen LogP contribution >= 0.6 is 0 Å². The molecule has 1 aromatic carbocycles. The third-order valence-electron chi connectivity index (χ3n) is 7.18. The van der Waals surface area contributed by atoms with Crippen molar-refractivity contribution in [2.24, 2.45) is 0 Å². The van der Waals surface area contributed by atoms with Crippen LogP contribution in [-0.4, -0.2) is 75.3 Å². The number of rotatable bonds is 5. The van der Waals surface area contributed by atoms with E-state index in [4.69, 9.17) is 4.74 Å². The van der Waals surface area contributed by atoms with Gasteiger partial charge in [0.1, 0.15) is 29.4 Å². The Balaban J connectivity index is 1.53. The summed E-state index contributed by atoms with van der Waals surface area (Å²) >= 11 is 0. The van der Waals surface area contributed by atoms with E-state index in [-0.39, 0.29) is 23.2 Å². The van der Waals surface area contributed by atoms with Gasteiger partial charge in [-0.3, -0.25) is 14.4 Å².